The molecule has 0 aromatic heterocycles. The topological polar surface area (TPSA) is 72.3 Å². The number of carbonyl (C=O) groups excluding carboxylic acids is 1. The van der Waals surface area contributed by atoms with Gasteiger partial charge in [0.1, 0.15) is 0 Å². The zero-order valence-electron chi connectivity index (χ0n) is 8.04. The summed E-state index contributed by atoms with van der Waals surface area (Å²) in [5.41, 5.74) is 10.7. The van der Waals surface area contributed by atoms with Crippen molar-refractivity contribution in [1.29, 1.82) is 0 Å². The second-order valence-electron chi connectivity index (χ2n) is 3.59. The highest BCUT2D eigenvalue weighted by Gasteiger charge is 2.27. The van der Waals surface area contributed by atoms with Gasteiger partial charge in [0.15, 0.2) is 0 Å². The van der Waals surface area contributed by atoms with Crippen LogP contribution in [0, 0.1) is 0 Å². The lowest BCUT2D eigenvalue weighted by Gasteiger charge is -2.21. The van der Waals surface area contributed by atoms with Gasteiger partial charge in [0.05, 0.1) is 6.04 Å². The lowest BCUT2D eigenvalue weighted by molar-refractivity contribution is -0.122. The zero-order valence-corrected chi connectivity index (χ0v) is 8.04. The van der Waals surface area contributed by atoms with Gasteiger partial charge in [0.25, 0.3) is 0 Å². The summed E-state index contributed by atoms with van der Waals surface area (Å²) in [5, 5.41) is 0. The molecule has 1 amide bonds. The minimum absolute atomic E-state index is 0.0159. The van der Waals surface area contributed by atoms with E-state index in [1.165, 1.54) is 0 Å². The van der Waals surface area contributed by atoms with Gasteiger partial charge in [-0.25, -0.2) is 0 Å². The van der Waals surface area contributed by atoms with Crippen LogP contribution in [0.3, 0.4) is 0 Å². The smallest absolute Gasteiger partial charge is 0.234 e. The molecular weight excluding hydrogens is 166 g/mol. The Morgan fingerprint density at radius 2 is 2.23 bits per heavy atom. The number of hydrogen-bond acceptors (Lipinski definition) is 3. The highest BCUT2D eigenvalue weighted by atomic mass is 16.1. The third kappa shape index (κ3) is 2.97. The second-order valence-corrected chi connectivity index (χ2v) is 3.59. The van der Waals surface area contributed by atoms with E-state index < -0.39 is 0 Å². The van der Waals surface area contributed by atoms with Gasteiger partial charge in [-0.2, -0.15) is 0 Å². The second kappa shape index (κ2) is 5.19. The maximum atomic E-state index is 11.0. The Hall–Kier alpha value is -0.610. The van der Waals surface area contributed by atoms with E-state index in [0.29, 0.717) is 0 Å². The third-order valence-corrected chi connectivity index (χ3v) is 2.59. The lowest BCUT2D eigenvalue weighted by atomic mass is 10.2. The highest BCUT2D eigenvalue weighted by Crippen LogP contribution is 2.16. The average Bonchev–Trinajstić information content (AvgIpc) is 2.53. The summed E-state index contributed by atoms with van der Waals surface area (Å²) in [4.78, 5) is 13.2. The predicted molar refractivity (Wildman–Crippen MR) is 52.1 cm³/mol. The van der Waals surface area contributed by atoms with Crippen LogP contribution in [-0.4, -0.2) is 36.5 Å². The van der Waals surface area contributed by atoms with Crippen molar-refractivity contribution in [3.05, 3.63) is 0 Å². The summed E-state index contributed by atoms with van der Waals surface area (Å²) in [7, 11) is 0. The molecule has 1 saturated heterocycles. The average molecular weight is 185 g/mol. The van der Waals surface area contributed by atoms with E-state index in [-0.39, 0.29) is 11.9 Å². The molecule has 1 unspecified atom stereocenters. The van der Waals surface area contributed by atoms with Gasteiger partial charge in [-0.15, -0.1) is 0 Å². The Morgan fingerprint density at radius 3 is 2.85 bits per heavy atom. The normalized spacial score (nSPS) is 23.6. The van der Waals surface area contributed by atoms with Gasteiger partial charge in [-0.3, -0.25) is 9.69 Å². The fourth-order valence-corrected chi connectivity index (χ4v) is 1.88. The molecule has 1 heterocycles. The Kier molecular flexibility index (Phi) is 4.18. The SMILES string of the molecule is NCCCCN1CCCC1C(N)=O. The van der Waals surface area contributed by atoms with Crippen LogP contribution in [-0.2, 0) is 4.79 Å². The van der Waals surface area contributed by atoms with Crippen LogP contribution in [0.5, 0.6) is 0 Å². The van der Waals surface area contributed by atoms with Gasteiger partial charge < -0.3 is 11.5 Å². The van der Waals surface area contributed by atoms with Crippen LogP contribution in [0.1, 0.15) is 25.7 Å². The quantitative estimate of drug-likeness (QED) is 0.576. The maximum Gasteiger partial charge on any atom is 0.234 e. The van der Waals surface area contributed by atoms with Crippen LogP contribution in [0.4, 0.5) is 0 Å². The van der Waals surface area contributed by atoms with Crippen molar-refractivity contribution in [2.45, 2.75) is 31.7 Å². The van der Waals surface area contributed by atoms with Crippen molar-refractivity contribution in [1.82, 2.24) is 4.90 Å². The maximum absolute atomic E-state index is 11.0. The fraction of sp³-hybridized carbons (Fsp3) is 0.889. The first kappa shape index (κ1) is 10.5. The molecule has 1 aliphatic rings. The summed E-state index contributed by atoms with van der Waals surface area (Å²) in [5.74, 6) is -0.176. The van der Waals surface area contributed by atoms with Gasteiger partial charge in [0, 0.05) is 0 Å². The predicted octanol–water partition coefficient (Wildman–Crippen LogP) is -0.325. The first-order valence-corrected chi connectivity index (χ1v) is 4.99. The molecule has 1 aliphatic heterocycles. The van der Waals surface area contributed by atoms with Crippen LogP contribution < -0.4 is 11.5 Å². The number of nitrogens with zero attached hydrogens (tertiary/aromatic N) is 1. The van der Waals surface area contributed by atoms with Gasteiger partial charge in [0.2, 0.25) is 5.91 Å². The molecule has 0 radical (unpaired) electrons. The number of likely N-dealkylation sites (tertiary alicyclic amines) is 1. The largest absolute Gasteiger partial charge is 0.368 e. The zero-order chi connectivity index (χ0) is 9.68. The number of nitrogens with two attached hydrogens (primary N) is 2. The summed E-state index contributed by atoms with van der Waals surface area (Å²) >= 11 is 0. The van der Waals surface area contributed by atoms with Crippen molar-refractivity contribution in [3.8, 4) is 0 Å². The fourth-order valence-electron chi connectivity index (χ4n) is 1.88. The van der Waals surface area contributed by atoms with E-state index in [2.05, 4.69) is 4.90 Å². The van der Waals surface area contributed by atoms with Crippen molar-refractivity contribution >= 4 is 5.91 Å². The van der Waals surface area contributed by atoms with Crippen LogP contribution in [0.15, 0.2) is 0 Å². The molecular formula is C9H19N3O. The minimum atomic E-state index is -0.176. The molecule has 4 nitrogen and oxygen atoms in total. The summed E-state index contributed by atoms with van der Waals surface area (Å²) < 4.78 is 0. The molecule has 0 saturated carbocycles. The highest BCUT2D eigenvalue weighted by molar-refractivity contribution is 5.80. The van der Waals surface area contributed by atoms with Crippen molar-refractivity contribution in [2.75, 3.05) is 19.6 Å². The van der Waals surface area contributed by atoms with Crippen molar-refractivity contribution in [3.63, 3.8) is 0 Å². The number of carbonyl (C=O) groups is 1. The lowest BCUT2D eigenvalue weighted by Crippen LogP contribution is -2.40. The summed E-state index contributed by atoms with van der Waals surface area (Å²) in [6.07, 6.45) is 4.12. The van der Waals surface area contributed by atoms with E-state index in [1.807, 2.05) is 0 Å². The molecule has 1 atom stereocenters. The molecule has 76 valence electrons. The molecule has 0 spiro atoms. The van der Waals surface area contributed by atoms with Crippen LogP contribution in [0.2, 0.25) is 0 Å². The number of rotatable bonds is 5. The van der Waals surface area contributed by atoms with Crippen LogP contribution in [0.25, 0.3) is 0 Å². The molecule has 0 aromatic rings. The van der Waals surface area contributed by atoms with E-state index in [0.717, 1.165) is 45.3 Å². The van der Waals surface area contributed by atoms with E-state index in [9.17, 15) is 4.79 Å². The molecule has 4 N–H and O–H groups in total. The number of primary amides is 1. The van der Waals surface area contributed by atoms with Gasteiger partial charge >= 0.3 is 0 Å². The molecule has 1 rings (SSSR count). The molecule has 0 bridgehead atoms. The van der Waals surface area contributed by atoms with Gasteiger partial charge in [-0.1, -0.05) is 0 Å². The Bertz CT molecular complexity index is 172. The van der Waals surface area contributed by atoms with Crippen molar-refractivity contribution < 1.29 is 4.79 Å². The molecule has 13 heavy (non-hydrogen) atoms. The monoisotopic (exact) mass is 185 g/mol. The number of hydrogen-bond donors (Lipinski definition) is 2. The Balaban J connectivity index is 2.27. The Morgan fingerprint density at radius 1 is 1.46 bits per heavy atom. The molecule has 4 heteroatoms. The molecule has 1 fully saturated rings. The third-order valence-electron chi connectivity index (χ3n) is 2.59. The number of amides is 1. The van der Waals surface area contributed by atoms with E-state index in [1.54, 1.807) is 0 Å². The number of unbranched alkanes of at least 4 members (excludes halogenated alkanes) is 1. The first-order chi connectivity index (χ1) is 6.25. The molecule has 0 aromatic carbocycles. The van der Waals surface area contributed by atoms with Crippen molar-refractivity contribution in [2.24, 2.45) is 11.5 Å². The Labute approximate surface area is 79.3 Å². The molecule has 0 aliphatic carbocycles. The van der Waals surface area contributed by atoms with Crippen LogP contribution >= 0.6 is 0 Å². The standard InChI is InChI=1S/C9H19N3O/c10-5-1-2-6-12-7-3-4-8(12)9(11)13/h8H,1-7,10H2,(H2,11,13). The van der Waals surface area contributed by atoms with E-state index in [4.69, 9.17) is 11.5 Å². The summed E-state index contributed by atoms with van der Waals surface area (Å²) in [6, 6.07) is -0.0159. The van der Waals surface area contributed by atoms with E-state index >= 15 is 0 Å². The minimum Gasteiger partial charge on any atom is -0.368 e. The van der Waals surface area contributed by atoms with Gasteiger partial charge in [-0.05, 0) is 45.3 Å². The first-order valence-electron chi connectivity index (χ1n) is 4.99. The summed E-state index contributed by atoms with van der Waals surface area (Å²) in [6.45, 7) is 2.71.